The van der Waals surface area contributed by atoms with Gasteiger partial charge in [-0.2, -0.15) is 0 Å². The van der Waals surface area contributed by atoms with Gasteiger partial charge in [-0.3, -0.25) is 6.29 Å². The molecule has 6 nitrogen and oxygen atoms in total. The van der Waals surface area contributed by atoms with Gasteiger partial charge in [-0.05, 0) is 42.4 Å². The summed E-state index contributed by atoms with van der Waals surface area (Å²) >= 11 is 0. The predicted octanol–water partition coefficient (Wildman–Crippen LogP) is 6.62. The SMILES string of the molecule is C1CCCC1.COC(C[C@@H](NCc1ccccc1)[C@@H]([C-]=O)[C@H](C)O)OC.[C-]#[O+].[Fe+2].c1ccc(P(c2ccccc2)c2ccccc2)cc1. The fourth-order valence-corrected chi connectivity index (χ4v) is 7.58. The van der Waals surface area contributed by atoms with E-state index in [0.717, 1.165) is 5.56 Å². The summed E-state index contributed by atoms with van der Waals surface area (Å²) in [5.74, 6) is -0.637. The predicted molar refractivity (Wildman–Crippen MR) is 193 cm³/mol. The molecule has 0 amide bonds. The Labute approximate surface area is 299 Å². The molecule has 0 saturated heterocycles. The first kappa shape index (κ1) is 43.1. The molecule has 0 spiro atoms. The molecule has 1 aliphatic carbocycles. The van der Waals surface area contributed by atoms with Gasteiger partial charge in [-0.25, -0.2) is 0 Å². The van der Waals surface area contributed by atoms with Gasteiger partial charge in [-0.1, -0.05) is 159 Å². The number of methoxy groups -OCH3 is 2. The molecule has 4 aromatic rings. The van der Waals surface area contributed by atoms with Crippen LogP contribution < -0.4 is 21.2 Å². The monoisotopic (exact) mass is 710 g/mol. The molecule has 0 heterocycles. The van der Waals surface area contributed by atoms with Crippen LogP contribution in [0.25, 0.3) is 0 Å². The van der Waals surface area contributed by atoms with Crippen LogP contribution in [0, 0.1) is 12.6 Å². The Kier molecular flexibility index (Phi) is 24.2. The van der Waals surface area contributed by atoms with Crippen LogP contribution in [0.4, 0.5) is 0 Å². The standard InChI is InChI=1S/C18H15P.C16H24NO4.C5H10.CO.Fe/c1-4-10-16(11-5-1)19(17-12-6-2-7-13-17)18-14-8-3-9-15-18;1-12(19)14(11-18)15(9-16(20-2)21-3)17-10-13-7-5-4-6-8-13;1-2-4-5-3-1;1-2;/h1-15H;4-8,12,14-17,19H,9-10H2,1-3H3;1-5H2;;/q;-1;;;+2/t;12-,14-,15+;;;/m.0.../s1. The van der Waals surface area contributed by atoms with Crippen LogP contribution in [-0.2, 0) is 42.5 Å². The third kappa shape index (κ3) is 16.0. The van der Waals surface area contributed by atoms with E-state index in [1.165, 1.54) is 48.0 Å². The van der Waals surface area contributed by atoms with Gasteiger partial charge in [0.05, 0.1) is 0 Å². The quantitative estimate of drug-likeness (QED) is 0.0536. The molecule has 2 N–H and O–H groups in total. The number of hydrogen-bond donors (Lipinski definition) is 2. The van der Waals surface area contributed by atoms with Gasteiger partial charge < -0.3 is 24.7 Å². The van der Waals surface area contributed by atoms with Crippen molar-refractivity contribution in [3.8, 4) is 0 Å². The van der Waals surface area contributed by atoms with Crippen LogP contribution in [0.3, 0.4) is 0 Å². The normalized spacial score (nSPS) is 13.6. The van der Waals surface area contributed by atoms with Crippen LogP contribution in [-0.4, -0.2) is 44.0 Å². The van der Waals surface area contributed by atoms with Crippen molar-refractivity contribution in [1.29, 1.82) is 0 Å². The van der Waals surface area contributed by atoms with Gasteiger partial charge in [0.2, 0.25) is 0 Å². The summed E-state index contributed by atoms with van der Waals surface area (Å²) in [6.07, 6.45) is 8.64. The molecule has 5 rings (SSSR count). The molecule has 256 valence electrons. The first-order valence-corrected chi connectivity index (χ1v) is 17.5. The molecule has 4 aromatic carbocycles. The number of carbonyl (C=O) groups excluding carboxylic acids is 1. The number of ether oxygens (including phenoxy) is 2. The fourth-order valence-electron chi connectivity index (χ4n) is 5.28. The Bertz CT molecular complexity index is 1240. The van der Waals surface area contributed by atoms with Crippen molar-refractivity contribution in [3.05, 3.63) is 134 Å². The minimum absolute atomic E-state index is 0. The number of rotatable bonds is 13. The molecule has 0 radical (unpaired) electrons. The van der Waals surface area contributed by atoms with E-state index in [4.69, 9.17) is 14.1 Å². The van der Waals surface area contributed by atoms with E-state index in [9.17, 15) is 9.90 Å². The molecule has 48 heavy (non-hydrogen) atoms. The molecule has 1 aliphatic rings. The van der Waals surface area contributed by atoms with Gasteiger partial charge in [0, 0.05) is 33.3 Å². The van der Waals surface area contributed by atoms with E-state index in [-0.39, 0.29) is 23.1 Å². The van der Waals surface area contributed by atoms with E-state index in [0.29, 0.717) is 13.0 Å². The maximum absolute atomic E-state index is 11.2. The first-order chi connectivity index (χ1) is 23.1. The number of aliphatic hydroxyl groups is 1. The van der Waals surface area contributed by atoms with Crippen LogP contribution in [0.5, 0.6) is 0 Å². The summed E-state index contributed by atoms with van der Waals surface area (Å²) < 4.78 is 17.9. The second kappa shape index (κ2) is 27.0. The molecular weight excluding hydrogens is 661 g/mol. The Balaban J connectivity index is 0.000000394. The smallest absolute Gasteiger partial charge is 0.0622 e. The van der Waals surface area contributed by atoms with E-state index in [1.807, 2.05) is 36.6 Å². The van der Waals surface area contributed by atoms with Crippen molar-refractivity contribution < 1.29 is 41.1 Å². The minimum Gasteiger partial charge on any atom is -0.0622 e. The zero-order chi connectivity index (χ0) is 34.1. The van der Waals surface area contributed by atoms with Crippen LogP contribution in [0.1, 0.15) is 51.0 Å². The van der Waals surface area contributed by atoms with E-state index < -0.39 is 26.2 Å². The zero-order valence-electron chi connectivity index (χ0n) is 28.2. The van der Waals surface area contributed by atoms with Gasteiger partial charge in [0.1, 0.15) is 0 Å². The van der Waals surface area contributed by atoms with E-state index in [2.05, 4.69) is 103 Å². The number of nitrogens with one attached hydrogen (secondary N) is 1. The van der Waals surface area contributed by atoms with Gasteiger partial charge >= 0.3 is 28.4 Å². The third-order valence-electron chi connectivity index (χ3n) is 7.77. The van der Waals surface area contributed by atoms with Gasteiger partial charge in [0.15, 0.2) is 6.29 Å². The Morgan fingerprint density at radius 3 is 1.40 bits per heavy atom. The molecule has 0 aromatic heterocycles. The summed E-state index contributed by atoms with van der Waals surface area (Å²) in [6.45, 7) is 6.68. The second-order valence-electron chi connectivity index (χ2n) is 11.1. The topological polar surface area (TPSA) is 87.7 Å². The van der Waals surface area contributed by atoms with Crippen molar-refractivity contribution in [2.24, 2.45) is 5.92 Å². The fraction of sp³-hybridized carbons (Fsp3) is 0.350. The molecule has 1 fully saturated rings. The molecule has 0 unspecified atom stereocenters. The van der Waals surface area contributed by atoms with Crippen LogP contribution in [0.15, 0.2) is 121 Å². The molecule has 3 atom stereocenters. The summed E-state index contributed by atoms with van der Waals surface area (Å²) in [5.41, 5.74) is 1.10. The number of aliphatic hydroxyl groups excluding tert-OH is 1. The number of hydrogen-bond acceptors (Lipinski definition) is 5. The third-order valence-corrected chi connectivity index (χ3v) is 10.2. The maximum Gasteiger partial charge on any atom is 2.00 e. The Morgan fingerprint density at radius 1 is 0.729 bits per heavy atom. The second-order valence-corrected chi connectivity index (χ2v) is 13.3. The van der Waals surface area contributed by atoms with Crippen molar-refractivity contribution in [1.82, 2.24) is 5.32 Å². The zero-order valence-corrected chi connectivity index (χ0v) is 30.2. The van der Waals surface area contributed by atoms with E-state index in [1.54, 1.807) is 21.1 Å². The van der Waals surface area contributed by atoms with E-state index >= 15 is 0 Å². The summed E-state index contributed by atoms with van der Waals surface area (Å²) in [5, 5.41) is 17.2. The average Bonchev–Trinajstić information content (AvgIpc) is 3.73. The summed E-state index contributed by atoms with van der Waals surface area (Å²) in [4.78, 5) is 11.2. The Morgan fingerprint density at radius 2 is 1.08 bits per heavy atom. The van der Waals surface area contributed by atoms with Crippen LogP contribution >= 0.6 is 7.92 Å². The summed E-state index contributed by atoms with van der Waals surface area (Å²) in [7, 11) is 2.65. The number of benzene rings is 4. The molecular formula is C40H49FeNO5P+. The minimum atomic E-state index is -0.787. The maximum atomic E-state index is 11.2. The molecule has 0 bridgehead atoms. The van der Waals surface area contributed by atoms with Crippen molar-refractivity contribution >= 4 is 30.1 Å². The van der Waals surface area contributed by atoms with Crippen molar-refractivity contribution in [3.63, 3.8) is 0 Å². The summed E-state index contributed by atoms with van der Waals surface area (Å²) in [6, 6.07) is 41.9. The molecule has 1 saturated carbocycles. The average molecular weight is 711 g/mol. The largest absolute Gasteiger partial charge is 2.00 e. The van der Waals surface area contributed by atoms with Gasteiger partial charge in [0.25, 0.3) is 0 Å². The molecule has 8 heteroatoms. The molecule has 0 aliphatic heterocycles. The first-order valence-electron chi connectivity index (χ1n) is 16.1. The van der Waals surface area contributed by atoms with Crippen molar-refractivity contribution in [2.75, 3.05) is 14.2 Å². The Hall–Kier alpha value is -2.92. The van der Waals surface area contributed by atoms with Gasteiger partial charge in [-0.15, -0.1) is 0 Å². The van der Waals surface area contributed by atoms with Crippen LogP contribution in [0.2, 0.25) is 0 Å². The van der Waals surface area contributed by atoms with Crippen molar-refractivity contribution in [2.45, 2.75) is 70.4 Å².